The second-order valence-electron chi connectivity index (χ2n) is 2.27. The Morgan fingerprint density at radius 1 is 1.30 bits per heavy atom. The molecule has 0 heterocycles. The molecule has 0 aromatic heterocycles. The van der Waals surface area contributed by atoms with E-state index in [4.69, 9.17) is 11.2 Å². The molecular weight excluding hydrogens is 124 g/mol. The largest absolute Gasteiger partial charge is 0.380 e. The molecule has 1 nitrogen and oxygen atoms in total. The number of rotatable bonds is 6. The van der Waals surface area contributed by atoms with Crippen LogP contribution in [0.2, 0.25) is 0 Å². The lowest BCUT2D eigenvalue weighted by atomic mass is 10.3. The van der Waals surface area contributed by atoms with Crippen molar-refractivity contribution in [2.75, 3.05) is 13.2 Å². The monoisotopic (exact) mass is 140 g/mol. The van der Waals surface area contributed by atoms with Gasteiger partial charge in [-0.25, -0.2) is 0 Å². The van der Waals surface area contributed by atoms with Gasteiger partial charge >= 0.3 is 0 Å². The first-order chi connectivity index (χ1) is 4.91. The maximum absolute atomic E-state index is 5.23. The highest BCUT2D eigenvalue weighted by atomic mass is 16.5. The van der Waals surface area contributed by atoms with Gasteiger partial charge in [0.15, 0.2) is 0 Å². The van der Waals surface area contributed by atoms with E-state index in [1.807, 2.05) is 0 Å². The number of hydrogen-bond acceptors (Lipinski definition) is 1. The number of terminal acetylenes is 1. The third kappa shape index (κ3) is 7.52. The normalized spacial score (nSPS) is 9.20. The molecule has 0 unspecified atom stereocenters. The zero-order valence-corrected chi connectivity index (χ0v) is 6.73. The van der Waals surface area contributed by atoms with Gasteiger partial charge in [-0.05, 0) is 6.42 Å². The minimum Gasteiger partial charge on any atom is -0.380 e. The standard InChI is InChI=1S/C9H16O/c1-3-5-7-9-10-8-6-4-2/h2H,3,5-9H2,1H3. The molecule has 0 amide bonds. The SMILES string of the molecule is C#CCCOCCCCC. The van der Waals surface area contributed by atoms with Crippen molar-refractivity contribution in [2.45, 2.75) is 32.6 Å². The fraction of sp³-hybridized carbons (Fsp3) is 0.778. The van der Waals surface area contributed by atoms with Crippen molar-refractivity contribution < 1.29 is 4.74 Å². The van der Waals surface area contributed by atoms with E-state index in [2.05, 4.69) is 12.8 Å². The molecule has 0 bridgehead atoms. The third-order valence-electron chi connectivity index (χ3n) is 1.28. The summed E-state index contributed by atoms with van der Waals surface area (Å²) >= 11 is 0. The average molecular weight is 140 g/mol. The molecule has 0 spiro atoms. The third-order valence-corrected chi connectivity index (χ3v) is 1.28. The molecule has 1 heteroatoms. The van der Waals surface area contributed by atoms with Crippen LogP contribution in [0.25, 0.3) is 0 Å². The highest BCUT2D eigenvalue weighted by molar-refractivity contribution is 4.82. The molecule has 0 N–H and O–H groups in total. The Morgan fingerprint density at radius 2 is 2.10 bits per heavy atom. The van der Waals surface area contributed by atoms with Crippen LogP contribution in [0.3, 0.4) is 0 Å². The molecule has 0 atom stereocenters. The van der Waals surface area contributed by atoms with Gasteiger partial charge in [-0.3, -0.25) is 0 Å². The van der Waals surface area contributed by atoms with Crippen molar-refractivity contribution in [1.29, 1.82) is 0 Å². The van der Waals surface area contributed by atoms with Gasteiger partial charge in [0.1, 0.15) is 0 Å². The van der Waals surface area contributed by atoms with E-state index in [0.29, 0.717) is 0 Å². The summed E-state index contributed by atoms with van der Waals surface area (Å²) in [6, 6.07) is 0. The van der Waals surface area contributed by atoms with Crippen LogP contribution in [0.4, 0.5) is 0 Å². The quantitative estimate of drug-likeness (QED) is 0.406. The van der Waals surface area contributed by atoms with Crippen molar-refractivity contribution in [2.24, 2.45) is 0 Å². The van der Waals surface area contributed by atoms with Crippen LogP contribution in [0.1, 0.15) is 32.6 Å². The summed E-state index contributed by atoms with van der Waals surface area (Å²) < 4.78 is 5.23. The van der Waals surface area contributed by atoms with Crippen LogP contribution < -0.4 is 0 Å². The summed E-state index contributed by atoms with van der Waals surface area (Å²) in [6.07, 6.45) is 9.46. The average Bonchev–Trinajstić information content (AvgIpc) is 1.97. The molecule has 0 aromatic carbocycles. The van der Waals surface area contributed by atoms with E-state index in [1.54, 1.807) is 0 Å². The van der Waals surface area contributed by atoms with Crippen molar-refractivity contribution >= 4 is 0 Å². The molecule has 0 aliphatic carbocycles. The number of hydrogen-bond donors (Lipinski definition) is 0. The van der Waals surface area contributed by atoms with E-state index in [-0.39, 0.29) is 0 Å². The lowest BCUT2D eigenvalue weighted by Gasteiger charge is -1.99. The van der Waals surface area contributed by atoms with Gasteiger partial charge in [0.2, 0.25) is 0 Å². The van der Waals surface area contributed by atoms with Gasteiger partial charge in [0, 0.05) is 13.0 Å². The zero-order chi connectivity index (χ0) is 7.66. The molecule has 10 heavy (non-hydrogen) atoms. The molecule has 0 radical (unpaired) electrons. The molecule has 0 rings (SSSR count). The van der Waals surface area contributed by atoms with Gasteiger partial charge in [0.05, 0.1) is 6.61 Å². The highest BCUT2D eigenvalue weighted by Crippen LogP contribution is 1.93. The predicted molar refractivity (Wildman–Crippen MR) is 43.8 cm³/mol. The first kappa shape index (κ1) is 9.52. The summed E-state index contributed by atoms with van der Waals surface area (Å²) in [4.78, 5) is 0. The summed E-state index contributed by atoms with van der Waals surface area (Å²) in [5.74, 6) is 2.53. The summed E-state index contributed by atoms with van der Waals surface area (Å²) in [7, 11) is 0. The van der Waals surface area contributed by atoms with Crippen molar-refractivity contribution in [3.8, 4) is 12.3 Å². The summed E-state index contributed by atoms with van der Waals surface area (Å²) in [6.45, 7) is 3.77. The lowest BCUT2D eigenvalue weighted by Crippen LogP contribution is -1.95. The van der Waals surface area contributed by atoms with Crippen LogP contribution in [0.5, 0.6) is 0 Å². The second kappa shape index (κ2) is 8.52. The Hall–Kier alpha value is -0.480. The summed E-state index contributed by atoms with van der Waals surface area (Å²) in [5.41, 5.74) is 0. The van der Waals surface area contributed by atoms with Crippen LogP contribution in [0, 0.1) is 12.3 Å². The topological polar surface area (TPSA) is 9.23 Å². The molecule has 0 saturated carbocycles. The Kier molecular flexibility index (Phi) is 8.11. The van der Waals surface area contributed by atoms with Gasteiger partial charge < -0.3 is 4.74 Å². The molecule has 0 aromatic rings. The second-order valence-corrected chi connectivity index (χ2v) is 2.27. The first-order valence-electron chi connectivity index (χ1n) is 3.93. The van der Waals surface area contributed by atoms with E-state index in [9.17, 15) is 0 Å². The Labute approximate surface area is 63.8 Å². The van der Waals surface area contributed by atoms with Gasteiger partial charge in [-0.2, -0.15) is 0 Å². The Bertz CT molecular complexity index is 91.4. The van der Waals surface area contributed by atoms with Crippen molar-refractivity contribution in [3.63, 3.8) is 0 Å². The highest BCUT2D eigenvalue weighted by Gasteiger charge is 1.85. The van der Waals surface area contributed by atoms with Crippen molar-refractivity contribution in [3.05, 3.63) is 0 Å². The van der Waals surface area contributed by atoms with E-state index >= 15 is 0 Å². The summed E-state index contributed by atoms with van der Waals surface area (Å²) in [5, 5.41) is 0. The predicted octanol–water partition coefficient (Wildman–Crippen LogP) is 2.22. The van der Waals surface area contributed by atoms with E-state index in [1.165, 1.54) is 19.3 Å². The van der Waals surface area contributed by atoms with Gasteiger partial charge in [-0.1, -0.05) is 19.8 Å². The number of ether oxygens (including phenoxy) is 1. The molecular formula is C9H16O. The van der Waals surface area contributed by atoms with Gasteiger partial charge in [0.25, 0.3) is 0 Å². The van der Waals surface area contributed by atoms with Gasteiger partial charge in [-0.15, -0.1) is 12.3 Å². The fourth-order valence-corrected chi connectivity index (χ4v) is 0.687. The van der Waals surface area contributed by atoms with E-state index < -0.39 is 0 Å². The molecule has 58 valence electrons. The van der Waals surface area contributed by atoms with Crippen molar-refractivity contribution in [1.82, 2.24) is 0 Å². The first-order valence-corrected chi connectivity index (χ1v) is 3.93. The molecule has 0 aliphatic rings. The Morgan fingerprint density at radius 3 is 2.70 bits per heavy atom. The maximum Gasteiger partial charge on any atom is 0.0575 e. The molecule has 0 aliphatic heterocycles. The minimum atomic E-state index is 0.722. The smallest absolute Gasteiger partial charge is 0.0575 e. The van der Waals surface area contributed by atoms with E-state index in [0.717, 1.165) is 19.6 Å². The maximum atomic E-state index is 5.23. The Balaban J connectivity index is 2.72. The zero-order valence-electron chi connectivity index (χ0n) is 6.73. The fourth-order valence-electron chi connectivity index (χ4n) is 0.687. The minimum absolute atomic E-state index is 0.722. The van der Waals surface area contributed by atoms with Crippen LogP contribution in [-0.2, 0) is 4.74 Å². The lowest BCUT2D eigenvalue weighted by molar-refractivity contribution is 0.136. The van der Waals surface area contributed by atoms with Crippen LogP contribution >= 0.6 is 0 Å². The molecule has 0 fully saturated rings. The van der Waals surface area contributed by atoms with Crippen LogP contribution in [0.15, 0.2) is 0 Å². The number of unbranched alkanes of at least 4 members (excludes halogenated alkanes) is 2. The van der Waals surface area contributed by atoms with Crippen LogP contribution in [-0.4, -0.2) is 13.2 Å². The molecule has 0 saturated heterocycles.